The van der Waals surface area contributed by atoms with Gasteiger partial charge in [0.2, 0.25) is 5.95 Å². The zero-order chi connectivity index (χ0) is 13.5. The standard InChI is InChI=1S/C11H18F2N4O/c1-3-8-9(4-2)15-16-11(14-8)17(5-6-18)7-10(12)13/h10,18H,3-7H2,1-2H3. The summed E-state index contributed by atoms with van der Waals surface area (Å²) in [5.74, 6) is 0.151. The van der Waals surface area contributed by atoms with Gasteiger partial charge in [-0.2, -0.15) is 5.10 Å². The van der Waals surface area contributed by atoms with Crippen LogP contribution in [0.15, 0.2) is 0 Å². The highest BCUT2D eigenvalue weighted by Crippen LogP contribution is 2.12. The third-order valence-corrected chi connectivity index (χ3v) is 2.51. The first-order valence-corrected chi connectivity index (χ1v) is 5.98. The van der Waals surface area contributed by atoms with E-state index < -0.39 is 13.0 Å². The lowest BCUT2D eigenvalue weighted by Crippen LogP contribution is -2.33. The molecule has 1 rings (SSSR count). The zero-order valence-corrected chi connectivity index (χ0v) is 10.6. The largest absolute Gasteiger partial charge is 0.395 e. The van der Waals surface area contributed by atoms with Gasteiger partial charge in [0.05, 0.1) is 24.5 Å². The van der Waals surface area contributed by atoms with E-state index in [2.05, 4.69) is 15.2 Å². The third-order valence-electron chi connectivity index (χ3n) is 2.51. The van der Waals surface area contributed by atoms with Crippen molar-refractivity contribution in [1.82, 2.24) is 15.2 Å². The van der Waals surface area contributed by atoms with Crippen molar-refractivity contribution >= 4 is 5.95 Å². The van der Waals surface area contributed by atoms with Crippen LogP contribution in [0.25, 0.3) is 0 Å². The molecule has 0 bridgehead atoms. The molecule has 0 unspecified atom stereocenters. The number of rotatable bonds is 7. The van der Waals surface area contributed by atoms with Crippen LogP contribution >= 0.6 is 0 Å². The number of anilines is 1. The Morgan fingerprint density at radius 1 is 1.17 bits per heavy atom. The Kier molecular flexibility index (Phi) is 5.84. The highest BCUT2D eigenvalue weighted by molar-refractivity contribution is 5.30. The number of hydrogen-bond acceptors (Lipinski definition) is 5. The van der Waals surface area contributed by atoms with E-state index in [0.29, 0.717) is 12.8 Å². The van der Waals surface area contributed by atoms with Gasteiger partial charge in [0.1, 0.15) is 0 Å². The van der Waals surface area contributed by atoms with E-state index in [-0.39, 0.29) is 19.1 Å². The van der Waals surface area contributed by atoms with Gasteiger partial charge in [0, 0.05) is 6.54 Å². The van der Waals surface area contributed by atoms with Crippen LogP contribution in [0.4, 0.5) is 14.7 Å². The highest BCUT2D eigenvalue weighted by atomic mass is 19.3. The summed E-state index contributed by atoms with van der Waals surface area (Å²) in [5.41, 5.74) is 1.54. The van der Waals surface area contributed by atoms with Crippen LogP contribution in [0.1, 0.15) is 25.2 Å². The number of halogens is 2. The molecule has 1 N–H and O–H groups in total. The van der Waals surface area contributed by atoms with Crippen LogP contribution in [0.5, 0.6) is 0 Å². The van der Waals surface area contributed by atoms with Gasteiger partial charge in [0.25, 0.3) is 6.43 Å². The van der Waals surface area contributed by atoms with Crippen molar-refractivity contribution in [3.05, 3.63) is 11.4 Å². The first-order valence-electron chi connectivity index (χ1n) is 5.98. The van der Waals surface area contributed by atoms with Gasteiger partial charge in [0.15, 0.2) is 0 Å². The van der Waals surface area contributed by atoms with Crippen LogP contribution < -0.4 is 4.90 Å². The lowest BCUT2D eigenvalue weighted by atomic mass is 10.2. The number of aryl methyl sites for hydroxylation is 2. The Balaban J connectivity index is 2.97. The summed E-state index contributed by atoms with van der Waals surface area (Å²) in [6.07, 6.45) is -1.12. The maximum absolute atomic E-state index is 12.4. The molecule has 0 amide bonds. The summed E-state index contributed by atoms with van der Waals surface area (Å²) in [7, 11) is 0. The molecule has 0 radical (unpaired) electrons. The quantitative estimate of drug-likeness (QED) is 0.794. The summed E-state index contributed by atoms with van der Waals surface area (Å²) in [6.45, 7) is 3.20. The van der Waals surface area contributed by atoms with E-state index >= 15 is 0 Å². The van der Waals surface area contributed by atoms with Crippen LogP contribution in [0.3, 0.4) is 0 Å². The molecule has 0 aromatic carbocycles. The summed E-state index contributed by atoms with van der Waals surface area (Å²) in [6, 6.07) is 0. The minimum absolute atomic E-state index is 0.0701. The van der Waals surface area contributed by atoms with Crippen molar-refractivity contribution < 1.29 is 13.9 Å². The molecular formula is C11H18F2N4O. The summed E-state index contributed by atoms with van der Waals surface area (Å²) < 4.78 is 24.8. The lowest BCUT2D eigenvalue weighted by molar-refractivity contribution is 0.152. The lowest BCUT2D eigenvalue weighted by Gasteiger charge is -2.21. The molecule has 0 saturated heterocycles. The molecule has 0 aliphatic carbocycles. The van der Waals surface area contributed by atoms with Gasteiger partial charge in [-0.3, -0.25) is 0 Å². The maximum Gasteiger partial charge on any atom is 0.255 e. The van der Waals surface area contributed by atoms with E-state index in [4.69, 9.17) is 5.11 Å². The minimum atomic E-state index is -2.50. The summed E-state index contributed by atoms with van der Waals surface area (Å²) in [5, 5.41) is 16.7. The van der Waals surface area contributed by atoms with Gasteiger partial charge >= 0.3 is 0 Å². The molecule has 1 aromatic rings. The maximum atomic E-state index is 12.4. The smallest absolute Gasteiger partial charge is 0.255 e. The van der Waals surface area contributed by atoms with Gasteiger partial charge in [-0.1, -0.05) is 13.8 Å². The van der Waals surface area contributed by atoms with Crippen molar-refractivity contribution in [2.75, 3.05) is 24.6 Å². The van der Waals surface area contributed by atoms with E-state index in [1.165, 1.54) is 4.90 Å². The molecule has 18 heavy (non-hydrogen) atoms. The number of hydrogen-bond donors (Lipinski definition) is 1. The monoisotopic (exact) mass is 260 g/mol. The van der Waals surface area contributed by atoms with Crippen LogP contribution in [0.2, 0.25) is 0 Å². The Morgan fingerprint density at radius 2 is 1.83 bits per heavy atom. The number of aromatic nitrogens is 3. The molecule has 1 aromatic heterocycles. The zero-order valence-electron chi connectivity index (χ0n) is 10.6. The van der Waals surface area contributed by atoms with E-state index in [9.17, 15) is 8.78 Å². The highest BCUT2D eigenvalue weighted by Gasteiger charge is 2.16. The third kappa shape index (κ3) is 3.83. The van der Waals surface area contributed by atoms with Crippen LogP contribution in [0, 0.1) is 0 Å². The van der Waals surface area contributed by atoms with Crippen LogP contribution in [-0.4, -0.2) is 46.4 Å². The Hall–Kier alpha value is -1.37. The molecule has 7 heteroatoms. The Bertz CT molecular complexity index is 376. The minimum Gasteiger partial charge on any atom is -0.395 e. The fourth-order valence-electron chi connectivity index (χ4n) is 1.62. The summed E-state index contributed by atoms with van der Waals surface area (Å²) in [4.78, 5) is 5.49. The Labute approximate surface area is 105 Å². The van der Waals surface area contributed by atoms with Crippen molar-refractivity contribution in [1.29, 1.82) is 0 Å². The molecule has 1 heterocycles. The average molecular weight is 260 g/mol. The van der Waals surface area contributed by atoms with Crippen molar-refractivity contribution in [3.63, 3.8) is 0 Å². The first-order chi connectivity index (χ1) is 8.62. The summed E-state index contributed by atoms with van der Waals surface area (Å²) >= 11 is 0. The van der Waals surface area contributed by atoms with Crippen LogP contribution in [-0.2, 0) is 12.8 Å². The molecule has 0 spiro atoms. The second kappa shape index (κ2) is 7.15. The fourth-order valence-corrected chi connectivity index (χ4v) is 1.62. The number of aliphatic hydroxyl groups excluding tert-OH is 1. The average Bonchev–Trinajstić information content (AvgIpc) is 2.37. The number of nitrogens with zero attached hydrogens (tertiary/aromatic N) is 4. The van der Waals surface area contributed by atoms with E-state index in [1.807, 2.05) is 13.8 Å². The fraction of sp³-hybridized carbons (Fsp3) is 0.727. The molecule has 5 nitrogen and oxygen atoms in total. The van der Waals surface area contributed by atoms with E-state index in [1.54, 1.807) is 0 Å². The van der Waals surface area contributed by atoms with Crippen molar-refractivity contribution in [2.24, 2.45) is 0 Å². The second-order valence-electron chi connectivity index (χ2n) is 3.77. The van der Waals surface area contributed by atoms with Gasteiger partial charge in [-0.05, 0) is 12.8 Å². The molecule has 102 valence electrons. The molecular weight excluding hydrogens is 242 g/mol. The number of aliphatic hydroxyl groups is 1. The van der Waals surface area contributed by atoms with Gasteiger partial charge in [-0.15, -0.1) is 5.10 Å². The second-order valence-corrected chi connectivity index (χ2v) is 3.77. The Morgan fingerprint density at radius 3 is 2.33 bits per heavy atom. The topological polar surface area (TPSA) is 62.1 Å². The van der Waals surface area contributed by atoms with E-state index in [0.717, 1.165) is 11.4 Å². The van der Waals surface area contributed by atoms with Crippen molar-refractivity contribution in [2.45, 2.75) is 33.1 Å². The molecule has 0 aliphatic rings. The number of alkyl halides is 2. The molecule has 0 aliphatic heterocycles. The van der Waals surface area contributed by atoms with Gasteiger partial charge in [-0.25, -0.2) is 13.8 Å². The molecule has 0 fully saturated rings. The predicted molar refractivity (Wildman–Crippen MR) is 63.9 cm³/mol. The van der Waals surface area contributed by atoms with Crippen molar-refractivity contribution in [3.8, 4) is 0 Å². The first kappa shape index (κ1) is 14.7. The predicted octanol–water partition coefficient (Wildman–Crippen LogP) is 1.06. The van der Waals surface area contributed by atoms with Gasteiger partial charge < -0.3 is 10.0 Å². The SMILES string of the molecule is CCc1nnc(N(CCO)CC(F)F)nc1CC. The normalized spacial score (nSPS) is 11.0. The molecule has 0 atom stereocenters. The molecule has 0 saturated carbocycles.